The van der Waals surface area contributed by atoms with Crippen LogP contribution in [0.1, 0.15) is 29.9 Å². The minimum Gasteiger partial charge on any atom is -0.469 e. The van der Waals surface area contributed by atoms with E-state index < -0.39 is 0 Å². The molecule has 0 aromatic heterocycles. The van der Waals surface area contributed by atoms with Gasteiger partial charge in [0.05, 0.1) is 13.7 Å². The summed E-state index contributed by atoms with van der Waals surface area (Å²) in [4.78, 5) is 11.1. The van der Waals surface area contributed by atoms with E-state index in [1.807, 2.05) is 18.2 Å². The summed E-state index contributed by atoms with van der Waals surface area (Å²) < 4.78 is 4.65. The summed E-state index contributed by atoms with van der Waals surface area (Å²) in [6.07, 6.45) is 1.17. The average Bonchev–Trinajstić information content (AvgIpc) is 2.79. The molecule has 0 aliphatic carbocycles. The van der Waals surface area contributed by atoms with Gasteiger partial charge in [0.1, 0.15) is 0 Å². The van der Waals surface area contributed by atoms with Gasteiger partial charge in [-0.2, -0.15) is 0 Å². The van der Waals surface area contributed by atoms with E-state index in [0.29, 0.717) is 6.42 Å². The quantitative estimate of drug-likeness (QED) is 0.823. The number of rotatable bonds is 4. The number of esters is 1. The Labute approximate surface area is 113 Å². The number of aliphatic hydroxyl groups excluding tert-OH is 1. The number of benzene rings is 1. The van der Waals surface area contributed by atoms with Crippen LogP contribution >= 0.6 is 12.4 Å². The third-order valence-electron chi connectivity index (χ3n) is 3.24. The van der Waals surface area contributed by atoms with Gasteiger partial charge in [-0.15, -0.1) is 12.4 Å². The first-order chi connectivity index (χ1) is 8.26. The number of hydrogen-bond acceptors (Lipinski definition) is 4. The number of anilines is 1. The molecular weight excluding hydrogens is 254 g/mol. The van der Waals surface area contributed by atoms with E-state index in [2.05, 4.69) is 10.1 Å². The molecule has 1 aromatic rings. The number of halogens is 1. The molecule has 100 valence electrons. The summed E-state index contributed by atoms with van der Waals surface area (Å²) >= 11 is 0. The van der Waals surface area contributed by atoms with Crippen molar-refractivity contribution in [1.29, 1.82) is 0 Å². The molecule has 1 aromatic carbocycles. The number of aliphatic hydroxyl groups is 1. The summed E-state index contributed by atoms with van der Waals surface area (Å²) in [5.74, 6) is 0.104. The maximum absolute atomic E-state index is 11.1. The first-order valence-corrected chi connectivity index (χ1v) is 5.79. The molecule has 0 amide bonds. The number of hydrogen-bond donors (Lipinski definition) is 2. The lowest BCUT2D eigenvalue weighted by Gasteiger charge is -2.12. The maximum Gasteiger partial charge on any atom is 0.305 e. The first kappa shape index (κ1) is 14.8. The molecule has 0 radical (unpaired) electrons. The maximum atomic E-state index is 11.1. The molecule has 1 aliphatic heterocycles. The van der Waals surface area contributed by atoms with E-state index in [1.54, 1.807) is 0 Å². The Morgan fingerprint density at radius 2 is 2.33 bits per heavy atom. The van der Waals surface area contributed by atoms with E-state index in [0.717, 1.165) is 29.8 Å². The highest BCUT2D eigenvalue weighted by atomic mass is 35.5. The van der Waals surface area contributed by atoms with Gasteiger partial charge in [-0.25, -0.2) is 0 Å². The summed E-state index contributed by atoms with van der Waals surface area (Å²) in [6, 6.07) is 5.86. The molecular formula is C13H18ClNO3. The van der Waals surface area contributed by atoms with Crippen LogP contribution in [0.2, 0.25) is 0 Å². The molecule has 4 nitrogen and oxygen atoms in total. The number of carbonyl (C=O) groups is 1. The average molecular weight is 272 g/mol. The Hall–Kier alpha value is -1.26. The van der Waals surface area contributed by atoms with Gasteiger partial charge in [0.15, 0.2) is 0 Å². The zero-order valence-corrected chi connectivity index (χ0v) is 11.1. The van der Waals surface area contributed by atoms with Gasteiger partial charge in [-0.3, -0.25) is 4.79 Å². The summed E-state index contributed by atoms with van der Waals surface area (Å²) in [5.41, 5.74) is 3.17. The minimum absolute atomic E-state index is 0. The molecule has 5 heteroatoms. The van der Waals surface area contributed by atoms with Crippen molar-refractivity contribution < 1.29 is 14.6 Å². The van der Waals surface area contributed by atoms with Crippen molar-refractivity contribution in [2.24, 2.45) is 0 Å². The molecule has 0 bridgehead atoms. The van der Waals surface area contributed by atoms with Crippen LogP contribution < -0.4 is 5.32 Å². The first-order valence-electron chi connectivity index (χ1n) is 5.79. The van der Waals surface area contributed by atoms with Crippen LogP contribution in [0.5, 0.6) is 0 Å². The highest BCUT2D eigenvalue weighted by Gasteiger charge is 2.25. The van der Waals surface area contributed by atoms with Crippen LogP contribution in [0.25, 0.3) is 0 Å². The molecule has 2 rings (SSSR count). The lowest BCUT2D eigenvalue weighted by atomic mass is 9.92. The molecule has 1 heterocycles. The number of carbonyl (C=O) groups excluding carboxylic acids is 1. The highest BCUT2D eigenvalue weighted by molar-refractivity contribution is 5.85. The van der Waals surface area contributed by atoms with E-state index in [9.17, 15) is 9.90 Å². The molecule has 2 N–H and O–H groups in total. The van der Waals surface area contributed by atoms with Crippen molar-refractivity contribution in [3.8, 4) is 0 Å². The van der Waals surface area contributed by atoms with Gasteiger partial charge in [0.25, 0.3) is 0 Å². The van der Waals surface area contributed by atoms with E-state index in [-0.39, 0.29) is 30.9 Å². The van der Waals surface area contributed by atoms with Crippen LogP contribution in [0.15, 0.2) is 18.2 Å². The Morgan fingerprint density at radius 1 is 1.56 bits per heavy atom. The Kier molecular flexibility index (Phi) is 5.44. The van der Waals surface area contributed by atoms with Crippen molar-refractivity contribution >= 4 is 24.1 Å². The number of fused-ring (bicyclic) bond motifs is 1. The minimum atomic E-state index is -0.181. The predicted molar refractivity (Wildman–Crippen MR) is 72.1 cm³/mol. The smallest absolute Gasteiger partial charge is 0.305 e. The number of methoxy groups -OCH3 is 1. The molecule has 18 heavy (non-hydrogen) atoms. The number of nitrogens with one attached hydrogen (secondary N) is 1. The van der Waals surface area contributed by atoms with Gasteiger partial charge < -0.3 is 15.2 Å². The van der Waals surface area contributed by atoms with Crippen LogP contribution in [-0.2, 0) is 16.1 Å². The fourth-order valence-electron chi connectivity index (χ4n) is 2.36. The monoisotopic (exact) mass is 271 g/mol. The summed E-state index contributed by atoms with van der Waals surface area (Å²) in [6.45, 7) is 0.864. The van der Waals surface area contributed by atoms with Gasteiger partial charge in [-0.05, 0) is 23.6 Å². The van der Waals surface area contributed by atoms with Crippen molar-refractivity contribution in [1.82, 2.24) is 0 Å². The second-order valence-corrected chi connectivity index (χ2v) is 4.23. The van der Waals surface area contributed by atoms with Crippen molar-refractivity contribution in [2.45, 2.75) is 25.4 Å². The van der Waals surface area contributed by atoms with Crippen LogP contribution in [0.4, 0.5) is 5.69 Å². The molecule has 1 aliphatic rings. The van der Waals surface area contributed by atoms with Gasteiger partial charge in [0.2, 0.25) is 0 Å². The van der Waals surface area contributed by atoms with Crippen molar-refractivity contribution in [3.05, 3.63) is 29.3 Å². The van der Waals surface area contributed by atoms with Crippen LogP contribution in [-0.4, -0.2) is 24.7 Å². The van der Waals surface area contributed by atoms with Crippen molar-refractivity contribution in [3.63, 3.8) is 0 Å². The van der Waals surface area contributed by atoms with Crippen LogP contribution in [0.3, 0.4) is 0 Å². The van der Waals surface area contributed by atoms with E-state index in [4.69, 9.17) is 0 Å². The van der Waals surface area contributed by atoms with Gasteiger partial charge in [-0.1, -0.05) is 12.1 Å². The van der Waals surface area contributed by atoms with E-state index in [1.165, 1.54) is 7.11 Å². The Bertz CT molecular complexity index is 423. The Balaban J connectivity index is 0.00000162. The lowest BCUT2D eigenvalue weighted by molar-refractivity contribution is -0.140. The zero-order valence-electron chi connectivity index (χ0n) is 10.3. The summed E-state index contributed by atoms with van der Waals surface area (Å²) in [5, 5.41) is 12.6. The van der Waals surface area contributed by atoms with Gasteiger partial charge in [0, 0.05) is 24.6 Å². The second kappa shape index (κ2) is 6.61. The second-order valence-electron chi connectivity index (χ2n) is 4.23. The molecule has 0 spiro atoms. The lowest BCUT2D eigenvalue weighted by Crippen LogP contribution is -2.08. The molecule has 0 saturated heterocycles. The normalized spacial score (nSPS) is 16.4. The molecule has 0 saturated carbocycles. The fraction of sp³-hybridized carbons (Fsp3) is 0.462. The topological polar surface area (TPSA) is 58.6 Å². The Morgan fingerprint density at radius 3 is 3.00 bits per heavy atom. The van der Waals surface area contributed by atoms with Crippen molar-refractivity contribution in [2.75, 3.05) is 19.0 Å². The standard InChI is InChI=1S/C13H17NO3.ClH/c1-17-12(16)6-5-9-7-14-11-4-2-3-10(8-15)13(9)11;/h2-4,9,14-15H,5-8H2,1H3;1H. The molecule has 1 unspecified atom stereocenters. The highest BCUT2D eigenvalue weighted by Crippen LogP contribution is 2.36. The van der Waals surface area contributed by atoms with Gasteiger partial charge >= 0.3 is 5.97 Å². The third-order valence-corrected chi connectivity index (χ3v) is 3.24. The molecule has 0 fully saturated rings. The summed E-state index contributed by atoms with van der Waals surface area (Å²) in [7, 11) is 1.41. The van der Waals surface area contributed by atoms with Crippen LogP contribution in [0, 0.1) is 0 Å². The number of ether oxygens (including phenoxy) is 1. The zero-order chi connectivity index (χ0) is 12.3. The molecule has 1 atom stereocenters. The van der Waals surface area contributed by atoms with E-state index >= 15 is 0 Å². The third kappa shape index (κ3) is 2.94. The largest absolute Gasteiger partial charge is 0.469 e. The predicted octanol–water partition coefficient (Wildman–Crippen LogP) is 2.06. The fourth-order valence-corrected chi connectivity index (χ4v) is 2.36. The SMILES string of the molecule is COC(=O)CCC1CNc2cccc(CO)c21.Cl.